The molecule has 26 heavy (non-hydrogen) atoms. The van der Waals surface area contributed by atoms with Crippen LogP contribution in [0, 0.1) is 20.8 Å². The fourth-order valence-corrected chi connectivity index (χ4v) is 3.35. The van der Waals surface area contributed by atoms with E-state index in [1.165, 1.54) is 0 Å². The Labute approximate surface area is 151 Å². The van der Waals surface area contributed by atoms with Gasteiger partial charge >= 0.3 is 0 Å². The number of amides is 1. The molecule has 0 saturated heterocycles. The van der Waals surface area contributed by atoms with Gasteiger partial charge in [-0.25, -0.2) is 4.98 Å². The number of aryl methyl sites for hydroxylation is 3. The van der Waals surface area contributed by atoms with Crippen molar-refractivity contribution in [2.45, 2.75) is 59.0 Å². The maximum Gasteiger partial charge on any atom is 0.259 e. The second-order valence-corrected chi connectivity index (χ2v) is 7.30. The number of aromatic nitrogens is 4. The van der Waals surface area contributed by atoms with E-state index in [2.05, 4.69) is 20.6 Å². The van der Waals surface area contributed by atoms with Crippen LogP contribution in [0.5, 0.6) is 0 Å². The van der Waals surface area contributed by atoms with Crippen molar-refractivity contribution in [1.82, 2.24) is 25.2 Å². The smallest absolute Gasteiger partial charge is 0.259 e. The normalized spacial score (nSPS) is 15.4. The lowest BCUT2D eigenvalue weighted by molar-refractivity contribution is 0.0937. The third kappa shape index (κ3) is 3.09. The highest BCUT2D eigenvalue weighted by Crippen LogP contribution is 2.40. The summed E-state index contributed by atoms with van der Waals surface area (Å²) >= 11 is 0. The molecule has 1 fully saturated rings. The van der Waals surface area contributed by atoms with Gasteiger partial charge in [0.25, 0.3) is 11.6 Å². The fourth-order valence-electron chi connectivity index (χ4n) is 3.35. The Morgan fingerprint density at radius 3 is 2.77 bits per heavy atom. The minimum Gasteiger partial charge on any atom is -0.348 e. The first-order valence-corrected chi connectivity index (χ1v) is 9.01. The summed E-state index contributed by atoms with van der Waals surface area (Å²) in [4.78, 5) is 17.5. The molecule has 0 bridgehead atoms. The van der Waals surface area contributed by atoms with E-state index in [1.807, 2.05) is 44.5 Å². The molecule has 0 spiro atoms. The van der Waals surface area contributed by atoms with Crippen molar-refractivity contribution >= 4 is 17.0 Å². The first kappa shape index (κ1) is 16.8. The molecule has 4 rings (SSSR count). The zero-order valence-electron chi connectivity index (χ0n) is 15.5. The second kappa shape index (κ2) is 6.23. The van der Waals surface area contributed by atoms with E-state index >= 15 is 0 Å². The first-order valence-electron chi connectivity index (χ1n) is 9.01. The molecule has 0 radical (unpaired) electrons. The molecule has 7 heteroatoms. The molecule has 1 amide bonds. The van der Waals surface area contributed by atoms with Crippen molar-refractivity contribution in [3.63, 3.8) is 0 Å². The van der Waals surface area contributed by atoms with Gasteiger partial charge in [-0.15, -0.1) is 0 Å². The van der Waals surface area contributed by atoms with Gasteiger partial charge in [-0.1, -0.05) is 5.16 Å². The van der Waals surface area contributed by atoms with Crippen LogP contribution in [0.25, 0.3) is 11.1 Å². The number of nitrogens with one attached hydrogen (secondary N) is 1. The van der Waals surface area contributed by atoms with Gasteiger partial charge in [0.2, 0.25) is 0 Å². The minimum absolute atomic E-state index is 0.0618. The summed E-state index contributed by atoms with van der Waals surface area (Å²) in [6, 6.07) is 3.87. The SMILES string of the molecule is Cc1cc(C)n(CC(C)NC(=O)c2cc(C3CC3)nc3onc(C)c23)n1. The van der Waals surface area contributed by atoms with Gasteiger partial charge in [-0.3, -0.25) is 9.48 Å². The average Bonchev–Trinajstić information content (AvgIpc) is 3.30. The monoisotopic (exact) mass is 353 g/mol. The van der Waals surface area contributed by atoms with Gasteiger partial charge in [-0.2, -0.15) is 5.10 Å². The number of carbonyl (C=O) groups excluding carboxylic acids is 1. The Hall–Kier alpha value is -2.70. The Morgan fingerprint density at radius 1 is 1.35 bits per heavy atom. The highest BCUT2D eigenvalue weighted by Gasteiger charge is 2.29. The lowest BCUT2D eigenvalue weighted by Crippen LogP contribution is -2.36. The highest BCUT2D eigenvalue weighted by molar-refractivity contribution is 6.06. The van der Waals surface area contributed by atoms with E-state index in [0.29, 0.717) is 34.8 Å². The van der Waals surface area contributed by atoms with Crippen LogP contribution >= 0.6 is 0 Å². The Bertz CT molecular complexity index is 983. The zero-order chi connectivity index (χ0) is 18.4. The number of nitrogens with zero attached hydrogens (tertiary/aromatic N) is 4. The van der Waals surface area contributed by atoms with E-state index in [9.17, 15) is 4.79 Å². The third-order valence-corrected chi connectivity index (χ3v) is 4.80. The zero-order valence-corrected chi connectivity index (χ0v) is 15.5. The van der Waals surface area contributed by atoms with Crippen LogP contribution in [0.1, 0.15) is 58.8 Å². The summed E-state index contributed by atoms with van der Waals surface area (Å²) < 4.78 is 7.24. The third-order valence-electron chi connectivity index (χ3n) is 4.80. The van der Waals surface area contributed by atoms with Gasteiger partial charge in [0, 0.05) is 23.3 Å². The molecular formula is C19H23N5O2. The summed E-state index contributed by atoms with van der Waals surface area (Å²) in [5.41, 5.74) is 4.71. The Morgan fingerprint density at radius 2 is 2.12 bits per heavy atom. The molecule has 1 unspecified atom stereocenters. The number of fused-ring (bicyclic) bond motifs is 1. The molecule has 1 atom stereocenters. The van der Waals surface area contributed by atoms with Crippen molar-refractivity contribution in [3.8, 4) is 0 Å². The quantitative estimate of drug-likeness (QED) is 0.762. The first-order chi connectivity index (χ1) is 12.4. The van der Waals surface area contributed by atoms with Crippen LogP contribution in [-0.4, -0.2) is 31.9 Å². The number of hydrogen-bond donors (Lipinski definition) is 1. The van der Waals surface area contributed by atoms with Crippen molar-refractivity contribution in [1.29, 1.82) is 0 Å². The van der Waals surface area contributed by atoms with Gasteiger partial charge in [0.05, 0.1) is 28.9 Å². The molecule has 1 aliphatic rings. The number of pyridine rings is 1. The van der Waals surface area contributed by atoms with Gasteiger partial charge in [-0.05, 0) is 52.7 Å². The molecular weight excluding hydrogens is 330 g/mol. The number of hydrogen-bond acceptors (Lipinski definition) is 5. The largest absolute Gasteiger partial charge is 0.348 e. The number of rotatable bonds is 5. The van der Waals surface area contributed by atoms with Gasteiger partial charge < -0.3 is 9.84 Å². The van der Waals surface area contributed by atoms with Crippen LogP contribution in [-0.2, 0) is 6.54 Å². The summed E-state index contributed by atoms with van der Waals surface area (Å²) in [6.07, 6.45) is 2.22. The van der Waals surface area contributed by atoms with E-state index in [0.717, 1.165) is 29.9 Å². The van der Waals surface area contributed by atoms with E-state index in [1.54, 1.807) is 0 Å². The lowest BCUT2D eigenvalue weighted by Gasteiger charge is -2.16. The topological polar surface area (TPSA) is 85.8 Å². The van der Waals surface area contributed by atoms with Crippen molar-refractivity contribution < 1.29 is 9.32 Å². The van der Waals surface area contributed by atoms with Crippen LogP contribution in [0.4, 0.5) is 0 Å². The molecule has 136 valence electrons. The minimum atomic E-state index is -0.125. The molecule has 3 heterocycles. The Balaban J connectivity index is 1.59. The summed E-state index contributed by atoms with van der Waals surface area (Å²) in [5, 5.41) is 12.2. The lowest BCUT2D eigenvalue weighted by atomic mass is 10.1. The van der Waals surface area contributed by atoms with Crippen molar-refractivity contribution in [3.05, 3.63) is 40.5 Å². The van der Waals surface area contributed by atoms with Crippen LogP contribution < -0.4 is 5.32 Å². The molecule has 0 aliphatic heterocycles. The Kier molecular flexibility index (Phi) is 4.01. The molecule has 3 aromatic heterocycles. The molecule has 0 aromatic carbocycles. The van der Waals surface area contributed by atoms with E-state index in [4.69, 9.17) is 4.52 Å². The van der Waals surface area contributed by atoms with E-state index in [-0.39, 0.29) is 11.9 Å². The fraction of sp³-hybridized carbons (Fsp3) is 0.474. The van der Waals surface area contributed by atoms with Gasteiger partial charge in [0.1, 0.15) is 0 Å². The standard InChI is InChI=1S/C19H23N5O2/c1-10-7-12(3)24(22-10)9-11(2)20-18(25)15-8-16(14-5-6-14)21-19-17(15)13(4)23-26-19/h7-8,11,14H,5-6,9H2,1-4H3,(H,20,25). The number of carbonyl (C=O) groups is 1. The summed E-state index contributed by atoms with van der Waals surface area (Å²) in [7, 11) is 0. The van der Waals surface area contributed by atoms with Crippen molar-refractivity contribution in [2.75, 3.05) is 0 Å². The summed E-state index contributed by atoms with van der Waals surface area (Å²) in [6.45, 7) is 8.42. The van der Waals surface area contributed by atoms with Gasteiger partial charge in [0.15, 0.2) is 0 Å². The maximum absolute atomic E-state index is 13.0. The molecule has 1 saturated carbocycles. The summed E-state index contributed by atoms with van der Waals surface area (Å²) in [5.74, 6) is 0.308. The molecule has 1 N–H and O–H groups in total. The van der Waals surface area contributed by atoms with Crippen molar-refractivity contribution in [2.24, 2.45) is 0 Å². The van der Waals surface area contributed by atoms with E-state index < -0.39 is 0 Å². The predicted octanol–water partition coefficient (Wildman–Crippen LogP) is 3.04. The molecule has 7 nitrogen and oxygen atoms in total. The van der Waals surface area contributed by atoms with Crippen LogP contribution in [0.2, 0.25) is 0 Å². The van der Waals surface area contributed by atoms with Crippen LogP contribution in [0.3, 0.4) is 0 Å². The average molecular weight is 353 g/mol. The molecule has 1 aliphatic carbocycles. The second-order valence-electron chi connectivity index (χ2n) is 7.30. The van der Waals surface area contributed by atoms with Crippen LogP contribution in [0.15, 0.2) is 16.7 Å². The molecule has 3 aromatic rings. The maximum atomic E-state index is 13.0. The predicted molar refractivity (Wildman–Crippen MR) is 97.1 cm³/mol. The highest BCUT2D eigenvalue weighted by atomic mass is 16.5.